The Hall–Kier alpha value is -2.56. The van der Waals surface area contributed by atoms with Gasteiger partial charge < -0.3 is 14.6 Å². The molecule has 5 heteroatoms. The first-order valence-electron chi connectivity index (χ1n) is 7.79. The van der Waals surface area contributed by atoms with Crippen molar-refractivity contribution in [2.45, 2.75) is 38.9 Å². The number of hydrogen-bond donors (Lipinski definition) is 1. The summed E-state index contributed by atoms with van der Waals surface area (Å²) >= 11 is 0. The molecule has 1 saturated heterocycles. The molecule has 0 aliphatic carbocycles. The van der Waals surface area contributed by atoms with Gasteiger partial charge in [0.15, 0.2) is 0 Å². The Morgan fingerprint density at radius 2 is 2.13 bits per heavy atom. The van der Waals surface area contributed by atoms with Crippen LogP contribution in [0.5, 0.6) is 0 Å². The predicted molar refractivity (Wildman–Crippen MR) is 85.3 cm³/mol. The molecule has 0 bridgehead atoms. The van der Waals surface area contributed by atoms with Gasteiger partial charge in [-0.25, -0.2) is 0 Å². The Morgan fingerprint density at radius 1 is 1.30 bits per heavy atom. The van der Waals surface area contributed by atoms with Crippen LogP contribution in [0.3, 0.4) is 0 Å². The molecule has 0 saturated carbocycles. The molecule has 0 spiro atoms. The van der Waals surface area contributed by atoms with Crippen LogP contribution in [0.25, 0.3) is 0 Å². The number of carbonyl (C=O) groups excluding carboxylic acids is 2. The van der Waals surface area contributed by atoms with Crippen molar-refractivity contribution in [1.29, 1.82) is 0 Å². The second-order valence-corrected chi connectivity index (χ2v) is 5.80. The van der Waals surface area contributed by atoms with E-state index >= 15 is 0 Å². The van der Waals surface area contributed by atoms with E-state index in [0.29, 0.717) is 31.7 Å². The fourth-order valence-electron chi connectivity index (χ4n) is 2.88. The third-order valence-corrected chi connectivity index (χ3v) is 4.25. The van der Waals surface area contributed by atoms with Crippen LogP contribution in [0.15, 0.2) is 47.1 Å². The molecular formula is C18H20N2O3. The number of rotatable bonds is 5. The summed E-state index contributed by atoms with van der Waals surface area (Å²) in [5.41, 5.74) is 2.23. The lowest BCUT2D eigenvalue weighted by atomic mass is 10.1. The first kappa shape index (κ1) is 15.3. The number of carbonyl (C=O) groups is 2. The summed E-state index contributed by atoms with van der Waals surface area (Å²) in [5, 5.41) is 2.95. The van der Waals surface area contributed by atoms with E-state index in [0.717, 1.165) is 11.1 Å². The molecule has 1 fully saturated rings. The van der Waals surface area contributed by atoms with Gasteiger partial charge in [-0.1, -0.05) is 24.3 Å². The number of aryl methyl sites for hydroxylation is 1. The first-order chi connectivity index (χ1) is 11.1. The van der Waals surface area contributed by atoms with E-state index in [1.54, 1.807) is 17.2 Å². The summed E-state index contributed by atoms with van der Waals surface area (Å²) in [5.74, 6) is 0.583. The SMILES string of the molecule is Cc1ccccc1CNC(=O)[C@@H]1CCC(=O)N1Cc1ccco1. The first-order valence-corrected chi connectivity index (χ1v) is 7.79. The largest absolute Gasteiger partial charge is 0.467 e. The van der Waals surface area contributed by atoms with Crippen LogP contribution in [0, 0.1) is 6.92 Å². The molecule has 3 rings (SSSR count). The van der Waals surface area contributed by atoms with E-state index < -0.39 is 6.04 Å². The zero-order valence-electron chi connectivity index (χ0n) is 13.1. The maximum absolute atomic E-state index is 12.5. The number of likely N-dealkylation sites (tertiary alicyclic amines) is 1. The van der Waals surface area contributed by atoms with Crippen LogP contribution in [-0.2, 0) is 22.7 Å². The number of amides is 2. The molecule has 2 heterocycles. The van der Waals surface area contributed by atoms with Crippen molar-refractivity contribution < 1.29 is 14.0 Å². The normalized spacial score (nSPS) is 17.5. The smallest absolute Gasteiger partial charge is 0.243 e. The third kappa shape index (κ3) is 3.44. The minimum absolute atomic E-state index is 0.00237. The Balaban J connectivity index is 1.63. The van der Waals surface area contributed by atoms with E-state index in [4.69, 9.17) is 4.42 Å². The van der Waals surface area contributed by atoms with Crippen molar-refractivity contribution in [3.8, 4) is 0 Å². The molecule has 120 valence electrons. The molecule has 0 unspecified atom stereocenters. The number of furan rings is 1. The fourth-order valence-corrected chi connectivity index (χ4v) is 2.88. The lowest BCUT2D eigenvalue weighted by molar-refractivity contribution is -0.136. The number of hydrogen-bond acceptors (Lipinski definition) is 3. The van der Waals surface area contributed by atoms with Gasteiger partial charge in [-0.05, 0) is 36.6 Å². The fraction of sp³-hybridized carbons (Fsp3) is 0.333. The number of nitrogens with zero attached hydrogens (tertiary/aromatic N) is 1. The third-order valence-electron chi connectivity index (χ3n) is 4.25. The van der Waals surface area contributed by atoms with Gasteiger partial charge in [0.25, 0.3) is 0 Å². The van der Waals surface area contributed by atoms with E-state index in [-0.39, 0.29) is 11.8 Å². The van der Waals surface area contributed by atoms with Crippen LogP contribution in [0.1, 0.15) is 29.7 Å². The molecular weight excluding hydrogens is 292 g/mol. The van der Waals surface area contributed by atoms with E-state index in [2.05, 4.69) is 5.32 Å². The molecule has 23 heavy (non-hydrogen) atoms. The monoisotopic (exact) mass is 312 g/mol. The lowest BCUT2D eigenvalue weighted by Crippen LogP contribution is -2.44. The highest BCUT2D eigenvalue weighted by atomic mass is 16.3. The average Bonchev–Trinajstić information content (AvgIpc) is 3.18. The van der Waals surface area contributed by atoms with Gasteiger partial charge in [0, 0.05) is 13.0 Å². The van der Waals surface area contributed by atoms with Gasteiger partial charge >= 0.3 is 0 Å². The second-order valence-electron chi connectivity index (χ2n) is 5.80. The Kier molecular flexibility index (Phi) is 4.46. The Bertz CT molecular complexity index is 694. The highest BCUT2D eigenvalue weighted by Gasteiger charge is 2.36. The van der Waals surface area contributed by atoms with Gasteiger partial charge in [0.1, 0.15) is 11.8 Å². The molecule has 1 aliphatic heterocycles. The Labute approximate surface area is 135 Å². The van der Waals surface area contributed by atoms with Crippen molar-refractivity contribution in [3.05, 3.63) is 59.5 Å². The summed E-state index contributed by atoms with van der Waals surface area (Å²) in [4.78, 5) is 26.1. The average molecular weight is 312 g/mol. The number of benzene rings is 1. The molecule has 2 aromatic rings. The van der Waals surface area contributed by atoms with Crippen molar-refractivity contribution in [1.82, 2.24) is 10.2 Å². The Morgan fingerprint density at radius 3 is 2.87 bits per heavy atom. The molecule has 5 nitrogen and oxygen atoms in total. The molecule has 2 amide bonds. The highest BCUT2D eigenvalue weighted by molar-refractivity contribution is 5.90. The molecule has 1 atom stereocenters. The van der Waals surface area contributed by atoms with Crippen LogP contribution in [-0.4, -0.2) is 22.8 Å². The zero-order chi connectivity index (χ0) is 16.2. The summed E-state index contributed by atoms with van der Waals surface area (Å²) in [6.45, 7) is 2.84. The van der Waals surface area contributed by atoms with Crippen LogP contribution in [0.2, 0.25) is 0 Å². The van der Waals surface area contributed by atoms with Crippen LogP contribution >= 0.6 is 0 Å². The summed E-state index contributed by atoms with van der Waals surface area (Å²) in [6, 6.07) is 11.1. The second kappa shape index (κ2) is 6.69. The maximum atomic E-state index is 12.5. The molecule has 1 aromatic heterocycles. The minimum atomic E-state index is -0.420. The van der Waals surface area contributed by atoms with Crippen molar-refractivity contribution in [3.63, 3.8) is 0 Å². The molecule has 1 N–H and O–H groups in total. The molecule has 0 radical (unpaired) electrons. The van der Waals surface area contributed by atoms with Crippen LogP contribution in [0.4, 0.5) is 0 Å². The lowest BCUT2D eigenvalue weighted by Gasteiger charge is -2.23. The van der Waals surface area contributed by atoms with Gasteiger partial charge in [-0.3, -0.25) is 9.59 Å². The van der Waals surface area contributed by atoms with Gasteiger partial charge in [-0.15, -0.1) is 0 Å². The summed E-state index contributed by atoms with van der Waals surface area (Å²) in [6.07, 6.45) is 2.53. The van der Waals surface area contributed by atoms with Gasteiger partial charge in [0.2, 0.25) is 11.8 Å². The molecule has 1 aromatic carbocycles. The standard InChI is InChI=1S/C18H20N2O3/c1-13-5-2-3-6-14(13)11-19-18(22)16-8-9-17(21)20(16)12-15-7-4-10-23-15/h2-7,10,16H,8-9,11-12H2,1H3,(H,19,22)/t16-/m0/s1. The topological polar surface area (TPSA) is 62.6 Å². The highest BCUT2D eigenvalue weighted by Crippen LogP contribution is 2.22. The van der Waals surface area contributed by atoms with E-state index in [1.807, 2.05) is 37.3 Å². The quantitative estimate of drug-likeness (QED) is 0.922. The van der Waals surface area contributed by atoms with Gasteiger partial charge in [0.05, 0.1) is 12.8 Å². The summed E-state index contributed by atoms with van der Waals surface area (Å²) in [7, 11) is 0. The van der Waals surface area contributed by atoms with E-state index in [1.165, 1.54) is 0 Å². The van der Waals surface area contributed by atoms with Crippen molar-refractivity contribution >= 4 is 11.8 Å². The van der Waals surface area contributed by atoms with Crippen molar-refractivity contribution in [2.75, 3.05) is 0 Å². The summed E-state index contributed by atoms with van der Waals surface area (Å²) < 4.78 is 5.29. The zero-order valence-corrected chi connectivity index (χ0v) is 13.1. The van der Waals surface area contributed by atoms with Gasteiger partial charge in [-0.2, -0.15) is 0 Å². The maximum Gasteiger partial charge on any atom is 0.243 e. The van der Waals surface area contributed by atoms with E-state index in [9.17, 15) is 9.59 Å². The minimum Gasteiger partial charge on any atom is -0.467 e. The predicted octanol–water partition coefficient (Wildman–Crippen LogP) is 2.40. The van der Waals surface area contributed by atoms with Crippen molar-refractivity contribution in [2.24, 2.45) is 0 Å². The molecule has 1 aliphatic rings. The number of nitrogens with one attached hydrogen (secondary N) is 1. The van der Waals surface area contributed by atoms with Crippen LogP contribution < -0.4 is 5.32 Å².